The predicted octanol–water partition coefficient (Wildman–Crippen LogP) is -0.929. The molecule has 2 N–H and O–H groups in total. The lowest BCUT2D eigenvalue weighted by Gasteiger charge is -2.38. The topological polar surface area (TPSA) is 104 Å². The maximum atomic E-state index is 8.93. The summed E-state index contributed by atoms with van der Waals surface area (Å²) in [5.41, 5.74) is 1.33. The van der Waals surface area contributed by atoms with Crippen molar-refractivity contribution in [3.63, 3.8) is 0 Å². The van der Waals surface area contributed by atoms with E-state index in [0.29, 0.717) is 11.1 Å². The van der Waals surface area contributed by atoms with Gasteiger partial charge in [0.1, 0.15) is 0 Å². The smallest absolute Gasteiger partial charge is 0.0870 e. The summed E-state index contributed by atoms with van der Waals surface area (Å²) in [5.74, 6) is -4.37. The van der Waals surface area contributed by atoms with Gasteiger partial charge >= 0.3 is 0 Å². The third-order valence-corrected chi connectivity index (χ3v) is 5.45. The van der Waals surface area contributed by atoms with Crippen molar-refractivity contribution in [2.75, 3.05) is 13.1 Å². The molecule has 126 valence electrons. The second kappa shape index (κ2) is 7.42. The number of nitrogens with one attached hydrogen (secondary N) is 2. The molecule has 2 saturated carbocycles. The highest BCUT2D eigenvalue weighted by atomic mass is 16.4. The van der Waals surface area contributed by atoms with Gasteiger partial charge in [0.2, 0.25) is 0 Å². The molecule has 0 unspecified atom stereocenters. The number of hydrogen-bond acceptors (Lipinski definition) is 6. The van der Waals surface area contributed by atoms with Crippen LogP contribution in [0.2, 0.25) is 0 Å². The van der Waals surface area contributed by atoms with E-state index in [2.05, 4.69) is 10.6 Å². The van der Waals surface area contributed by atoms with E-state index in [0.717, 1.165) is 0 Å². The Hall–Kier alpha value is -1.14. The third kappa shape index (κ3) is 4.43. The maximum absolute atomic E-state index is 8.93. The molecule has 0 aromatic heterocycles. The van der Waals surface area contributed by atoms with Crippen LogP contribution in [-0.2, 0) is 9.59 Å². The van der Waals surface area contributed by atoms with Crippen LogP contribution in [0.4, 0.5) is 0 Å². The number of carboxylic acids is 2. The van der Waals surface area contributed by atoms with Crippen LogP contribution in [0.15, 0.2) is 0 Å². The van der Waals surface area contributed by atoms with Gasteiger partial charge in [0.15, 0.2) is 0 Å². The molecule has 2 heterocycles. The Labute approximate surface area is 131 Å². The van der Waals surface area contributed by atoms with E-state index in [-0.39, 0.29) is 0 Å². The number of carboxylic acid groups (broad SMARTS) is 2. The van der Waals surface area contributed by atoms with Gasteiger partial charge in [-0.25, -0.2) is 0 Å². The average Bonchev–Trinajstić information content (AvgIpc) is 3.08. The summed E-state index contributed by atoms with van der Waals surface area (Å²) in [6, 6.07) is 0. The van der Waals surface area contributed by atoms with Crippen molar-refractivity contribution in [1.29, 1.82) is 0 Å². The first-order valence-corrected chi connectivity index (χ1v) is 8.39. The summed E-state index contributed by atoms with van der Waals surface area (Å²) in [4.78, 5) is 17.9. The van der Waals surface area contributed by atoms with E-state index in [1.165, 1.54) is 77.3 Å². The minimum Gasteiger partial charge on any atom is -0.543 e. The molecule has 0 amide bonds. The van der Waals surface area contributed by atoms with E-state index < -0.39 is 11.9 Å². The Morgan fingerprint density at radius 1 is 0.636 bits per heavy atom. The molecule has 6 nitrogen and oxygen atoms in total. The molecular weight excluding hydrogens is 284 g/mol. The van der Waals surface area contributed by atoms with Crippen LogP contribution in [0.3, 0.4) is 0 Å². The molecule has 0 aromatic carbocycles. The molecule has 2 saturated heterocycles. The zero-order valence-corrected chi connectivity index (χ0v) is 13.1. The maximum Gasteiger partial charge on any atom is 0.0870 e. The van der Waals surface area contributed by atoms with E-state index in [1.807, 2.05) is 0 Å². The molecule has 4 fully saturated rings. The van der Waals surface area contributed by atoms with Crippen molar-refractivity contribution >= 4 is 11.9 Å². The lowest BCUT2D eigenvalue weighted by Crippen LogP contribution is -2.45. The zero-order chi connectivity index (χ0) is 16.1. The van der Waals surface area contributed by atoms with Crippen molar-refractivity contribution in [1.82, 2.24) is 10.6 Å². The van der Waals surface area contributed by atoms with E-state index >= 15 is 0 Å². The fourth-order valence-electron chi connectivity index (χ4n) is 3.80. The Balaban J connectivity index is 0.000000123. The van der Waals surface area contributed by atoms with Gasteiger partial charge in [-0.15, -0.1) is 0 Å². The second-order valence-electron chi connectivity index (χ2n) is 6.90. The minimum atomic E-state index is -2.19. The Morgan fingerprint density at radius 3 is 1.05 bits per heavy atom. The molecule has 2 aliphatic carbocycles. The van der Waals surface area contributed by atoms with Gasteiger partial charge in [0.25, 0.3) is 0 Å². The van der Waals surface area contributed by atoms with Crippen molar-refractivity contribution < 1.29 is 19.8 Å². The number of carbonyl (C=O) groups excluding carboxylic acids is 2. The molecule has 6 heteroatoms. The highest BCUT2D eigenvalue weighted by Crippen LogP contribution is 2.39. The molecule has 0 atom stereocenters. The Bertz CT molecular complexity index is 349. The summed E-state index contributed by atoms with van der Waals surface area (Å²) < 4.78 is 0. The first kappa shape index (κ1) is 17.2. The summed E-state index contributed by atoms with van der Waals surface area (Å²) in [6.45, 7) is 2.56. The third-order valence-electron chi connectivity index (χ3n) is 5.45. The van der Waals surface area contributed by atoms with Crippen LogP contribution in [0, 0.1) is 0 Å². The van der Waals surface area contributed by atoms with E-state index in [9.17, 15) is 0 Å². The van der Waals surface area contributed by atoms with Gasteiger partial charge in [0.05, 0.1) is 11.9 Å². The molecule has 2 aliphatic heterocycles. The van der Waals surface area contributed by atoms with Crippen LogP contribution in [0.5, 0.6) is 0 Å². The largest absolute Gasteiger partial charge is 0.543 e. The fourth-order valence-corrected chi connectivity index (χ4v) is 3.80. The fraction of sp³-hybridized carbons (Fsp3) is 0.875. The van der Waals surface area contributed by atoms with Gasteiger partial charge in [-0.2, -0.15) is 0 Å². The first-order valence-electron chi connectivity index (χ1n) is 8.39. The molecule has 22 heavy (non-hydrogen) atoms. The zero-order valence-electron chi connectivity index (χ0n) is 13.1. The summed E-state index contributed by atoms with van der Waals surface area (Å²) >= 11 is 0. The minimum absolute atomic E-state index is 0.667. The van der Waals surface area contributed by atoms with Gasteiger partial charge in [0, 0.05) is 11.1 Å². The van der Waals surface area contributed by atoms with E-state index in [4.69, 9.17) is 19.8 Å². The van der Waals surface area contributed by atoms with Crippen LogP contribution in [0.25, 0.3) is 0 Å². The quantitative estimate of drug-likeness (QED) is 0.560. The molecule has 0 aromatic rings. The van der Waals surface area contributed by atoms with Crippen LogP contribution >= 0.6 is 0 Å². The van der Waals surface area contributed by atoms with Crippen molar-refractivity contribution in [3.8, 4) is 0 Å². The van der Waals surface area contributed by atoms with Crippen LogP contribution in [0.1, 0.15) is 64.2 Å². The molecule has 0 bridgehead atoms. The monoisotopic (exact) mass is 310 g/mol. The van der Waals surface area contributed by atoms with Crippen molar-refractivity contribution in [2.45, 2.75) is 75.3 Å². The Morgan fingerprint density at radius 2 is 0.955 bits per heavy atom. The van der Waals surface area contributed by atoms with E-state index in [1.54, 1.807) is 0 Å². The number of carbonyl (C=O) groups is 2. The van der Waals surface area contributed by atoms with Crippen LogP contribution < -0.4 is 20.8 Å². The summed E-state index contributed by atoms with van der Waals surface area (Å²) in [7, 11) is 0. The van der Waals surface area contributed by atoms with Gasteiger partial charge in [-0.1, -0.05) is 0 Å². The lowest BCUT2D eigenvalue weighted by molar-refractivity contribution is -0.345. The van der Waals surface area contributed by atoms with Gasteiger partial charge in [-0.3, -0.25) is 0 Å². The highest BCUT2D eigenvalue weighted by Gasteiger charge is 2.39. The van der Waals surface area contributed by atoms with Gasteiger partial charge < -0.3 is 30.4 Å². The lowest BCUT2D eigenvalue weighted by atomic mass is 9.76. The summed E-state index contributed by atoms with van der Waals surface area (Å²) in [6.07, 6.45) is 14.5. The molecule has 4 rings (SSSR count). The second-order valence-corrected chi connectivity index (χ2v) is 6.90. The molecule has 2 spiro atoms. The standard InChI is InChI=1S/2C7H13N.C2H2O4/c2*1-3-7(4-1)5-2-6-8-7;3-1(4)2(5)6/h2*8H,1-6H2;(H,3,4)(H,5,6)/p-2. The first-order chi connectivity index (χ1) is 10.5. The predicted molar refractivity (Wildman–Crippen MR) is 77.7 cm³/mol. The molecular formula is C16H26N2O4-2. The molecule has 4 aliphatic rings. The number of rotatable bonds is 0. The van der Waals surface area contributed by atoms with Gasteiger partial charge in [-0.05, 0) is 77.3 Å². The summed E-state index contributed by atoms with van der Waals surface area (Å²) in [5, 5.41) is 25.0. The highest BCUT2D eigenvalue weighted by molar-refractivity contribution is 6.25. The van der Waals surface area contributed by atoms with Crippen LogP contribution in [-0.4, -0.2) is 36.1 Å². The average molecular weight is 310 g/mol. The Kier molecular flexibility index (Phi) is 5.81. The number of hydrogen-bond donors (Lipinski definition) is 2. The van der Waals surface area contributed by atoms with Crippen molar-refractivity contribution in [3.05, 3.63) is 0 Å². The SMILES string of the molecule is C1CNC2(C1)CCC2.C1CNC2(C1)CCC2.O=C([O-])C(=O)[O-]. The normalized spacial score (nSPS) is 26.0. The molecule has 0 radical (unpaired) electrons. The number of aliphatic carboxylic acids is 2. The van der Waals surface area contributed by atoms with Crippen molar-refractivity contribution in [2.24, 2.45) is 0 Å².